The van der Waals surface area contributed by atoms with Crippen LogP contribution in [-0.2, 0) is 4.79 Å². The summed E-state index contributed by atoms with van der Waals surface area (Å²) in [4.78, 5) is 24.6. The number of amides is 1. The highest BCUT2D eigenvalue weighted by atomic mass is 32.2. The number of carbonyl (C=O) groups is 2. The number of Topliss-reactive ketones (excluding diaryl/α,β-unsaturated/α-hetero) is 1. The SMILES string of the molecule is COc1ccc([C@H]2NC(=O)CS[C@@H]2C(=O)c2ccccc2)cc1. The van der Waals surface area contributed by atoms with E-state index in [1.165, 1.54) is 11.8 Å². The van der Waals surface area contributed by atoms with Crippen molar-refractivity contribution in [2.24, 2.45) is 0 Å². The molecule has 0 saturated carbocycles. The van der Waals surface area contributed by atoms with Crippen molar-refractivity contribution in [1.82, 2.24) is 5.32 Å². The van der Waals surface area contributed by atoms with E-state index in [1.54, 1.807) is 7.11 Å². The number of hydrogen-bond acceptors (Lipinski definition) is 4. The van der Waals surface area contributed by atoms with Crippen molar-refractivity contribution in [2.75, 3.05) is 12.9 Å². The standard InChI is InChI=1S/C18H17NO3S/c1-22-14-9-7-12(8-10-14)16-18(23-11-15(20)19-16)17(21)13-5-3-2-4-6-13/h2-10,16,18H,11H2,1H3,(H,19,20)/t16-,18+/m1/s1. The fourth-order valence-corrected chi connectivity index (χ4v) is 3.73. The van der Waals surface area contributed by atoms with Gasteiger partial charge in [0, 0.05) is 5.56 Å². The van der Waals surface area contributed by atoms with Crippen molar-refractivity contribution in [2.45, 2.75) is 11.3 Å². The van der Waals surface area contributed by atoms with Gasteiger partial charge in [-0.3, -0.25) is 9.59 Å². The number of rotatable bonds is 4. The summed E-state index contributed by atoms with van der Waals surface area (Å²) in [7, 11) is 1.61. The van der Waals surface area contributed by atoms with Gasteiger partial charge < -0.3 is 10.1 Å². The predicted molar refractivity (Wildman–Crippen MR) is 90.9 cm³/mol. The van der Waals surface area contributed by atoms with E-state index in [4.69, 9.17) is 4.74 Å². The zero-order valence-corrected chi connectivity index (χ0v) is 13.5. The summed E-state index contributed by atoms with van der Waals surface area (Å²) in [6, 6.07) is 16.3. The number of carbonyl (C=O) groups excluding carboxylic acids is 2. The van der Waals surface area contributed by atoms with E-state index in [0.717, 1.165) is 11.3 Å². The first-order chi connectivity index (χ1) is 11.2. The van der Waals surface area contributed by atoms with Crippen molar-refractivity contribution in [3.63, 3.8) is 0 Å². The molecule has 0 aromatic heterocycles. The summed E-state index contributed by atoms with van der Waals surface area (Å²) in [5.74, 6) is 1.04. The van der Waals surface area contributed by atoms with Crippen molar-refractivity contribution >= 4 is 23.5 Å². The van der Waals surface area contributed by atoms with Gasteiger partial charge in [-0.05, 0) is 17.7 Å². The molecule has 2 aromatic carbocycles. The number of thioether (sulfide) groups is 1. The summed E-state index contributed by atoms with van der Waals surface area (Å²) in [6.45, 7) is 0. The van der Waals surface area contributed by atoms with Crippen LogP contribution in [0.5, 0.6) is 5.75 Å². The minimum atomic E-state index is -0.333. The second kappa shape index (κ2) is 6.87. The molecule has 0 unspecified atom stereocenters. The number of hydrogen-bond donors (Lipinski definition) is 1. The van der Waals surface area contributed by atoms with Crippen LogP contribution in [0.4, 0.5) is 0 Å². The molecule has 0 radical (unpaired) electrons. The van der Waals surface area contributed by atoms with Crippen molar-refractivity contribution in [1.29, 1.82) is 0 Å². The number of nitrogens with one attached hydrogen (secondary N) is 1. The Morgan fingerprint density at radius 2 is 1.83 bits per heavy atom. The average molecular weight is 327 g/mol. The molecule has 0 bridgehead atoms. The Hall–Kier alpha value is -2.27. The summed E-state index contributed by atoms with van der Waals surface area (Å²) < 4.78 is 5.16. The van der Waals surface area contributed by atoms with Crippen LogP contribution in [0.1, 0.15) is 22.0 Å². The summed E-state index contributed by atoms with van der Waals surface area (Å²) in [6.07, 6.45) is 0. The van der Waals surface area contributed by atoms with Gasteiger partial charge in [0.05, 0.1) is 24.2 Å². The summed E-state index contributed by atoms with van der Waals surface area (Å²) in [5, 5.41) is 2.62. The molecule has 23 heavy (non-hydrogen) atoms. The van der Waals surface area contributed by atoms with Crippen molar-refractivity contribution < 1.29 is 14.3 Å². The normalized spacial score (nSPS) is 20.7. The number of ether oxygens (including phenoxy) is 1. The lowest BCUT2D eigenvalue weighted by Crippen LogP contribution is -2.44. The second-order valence-electron chi connectivity index (χ2n) is 5.28. The van der Waals surface area contributed by atoms with Gasteiger partial charge in [-0.15, -0.1) is 11.8 Å². The molecule has 4 nitrogen and oxygen atoms in total. The number of ketones is 1. The van der Waals surface area contributed by atoms with Crippen LogP contribution in [0.3, 0.4) is 0 Å². The Morgan fingerprint density at radius 1 is 1.13 bits per heavy atom. The molecule has 2 aromatic rings. The van der Waals surface area contributed by atoms with E-state index in [9.17, 15) is 9.59 Å². The molecule has 2 atom stereocenters. The molecule has 5 heteroatoms. The van der Waals surface area contributed by atoms with E-state index in [0.29, 0.717) is 11.3 Å². The van der Waals surface area contributed by atoms with Crippen LogP contribution in [0, 0.1) is 0 Å². The molecule has 3 rings (SSSR count). The minimum Gasteiger partial charge on any atom is -0.497 e. The highest BCUT2D eigenvalue weighted by molar-refractivity contribution is 8.01. The molecule has 1 aliphatic rings. The Kier molecular flexibility index (Phi) is 4.67. The van der Waals surface area contributed by atoms with Crippen LogP contribution < -0.4 is 10.1 Å². The van der Waals surface area contributed by atoms with Crippen molar-refractivity contribution in [3.8, 4) is 5.75 Å². The third-order valence-electron chi connectivity index (χ3n) is 3.80. The summed E-state index contributed by atoms with van der Waals surface area (Å²) in [5.41, 5.74) is 1.57. The molecular weight excluding hydrogens is 310 g/mol. The molecule has 1 aliphatic heterocycles. The van der Waals surface area contributed by atoms with Crippen LogP contribution in [0.2, 0.25) is 0 Å². The Bertz CT molecular complexity index is 700. The smallest absolute Gasteiger partial charge is 0.230 e. The van der Waals surface area contributed by atoms with Crippen LogP contribution in [-0.4, -0.2) is 29.8 Å². The van der Waals surface area contributed by atoms with Gasteiger partial charge in [-0.1, -0.05) is 42.5 Å². The molecule has 1 saturated heterocycles. The topological polar surface area (TPSA) is 55.4 Å². The van der Waals surface area contributed by atoms with E-state index >= 15 is 0 Å². The quantitative estimate of drug-likeness (QED) is 0.878. The van der Waals surface area contributed by atoms with Crippen molar-refractivity contribution in [3.05, 3.63) is 65.7 Å². The molecule has 0 aliphatic carbocycles. The summed E-state index contributed by atoms with van der Waals surface area (Å²) >= 11 is 1.39. The zero-order valence-electron chi connectivity index (χ0n) is 12.7. The van der Waals surface area contributed by atoms with Crippen LogP contribution >= 0.6 is 11.8 Å². The first kappa shape index (κ1) is 15.6. The zero-order chi connectivity index (χ0) is 16.2. The molecule has 1 heterocycles. The highest BCUT2D eigenvalue weighted by Gasteiger charge is 2.35. The maximum atomic E-state index is 12.8. The fraction of sp³-hybridized carbons (Fsp3) is 0.222. The molecule has 118 valence electrons. The molecule has 1 fully saturated rings. The van der Waals surface area contributed by atoms with E-state index in [2.05, 4.69) is 5.32 Å². The molecule has 0 spiro atoms. The lowest BCUT2D eigenvalue weighted by Gasteiger charge is -2.31. The van der Waals surface area contributed by atoms with Gasteiger partial charge in [0.25, 0.3) is 0 Å². The van der Waals surface area contributed by atoms with Gasteiger partial charge in [0.15, 0.2) is 5.78 Å². The molecular formula is C18H17NO3S. The highest BCUT2D eigenvalue weighted by Crippen LogP contribution is 2.33. The monoisotopic (exact) mass is 327 g/mol. The third-order valence-corrected chi connectivity index (χ3v) is 5.08. The van der Waals surface area contributed by atoms with Crippen LogP contribution in [0.25, 0.3) is 0 Å². The minimum absolute atomic E-state index is 0.0384. The number of benzene rings is 2. The van der Waals surface area contributed by atoms with Crippen LogP contribution in [0.15, 0.2) is 54.6 Å². The molecule has 1 N–H and O–H groups in total. The van der Waals surface area contributed by atoms with Gasteiger partial charge >= 0.3 is 0 Å². The average Bonchev–Trinajstić information content (AvgIpc) is 2.62. The van der Waals surface area contributed by atoms with E-state index < -0.39 is 0 Å². The van der Waals surface area contributed by atoms with Gasteiger partial charge in [0.1, 0.15) is 5.75 Å². The Labute approximate surface area is 139 Å². The lowest BCUT2D eigenvalue weighted by atomic mass is 9.97. The largest absolute Gasteiger partial charge is 0.497 e. The Morgan fingerprint density at radius 3 is 2.48 bits per heavy atom. The maximum Gasteiger partial charge on any atom is 0.230 e. The molecule has 1 amide bonds. The maximum absolute atomic E-state index is 12.8. The Balaban J connectivity index is 1.90. The van der Waals surface area contributed by atoms with Gasteiger partial charge in [-0.25, -0.2) is 0 Å². The van der Waals surface area contributed by atoms with Gasteiger partial charge in [-0.2, -0.15) is 0 Å². The third kappa shape index (κ3) is 3.40. The first-order valence-electron chi connectivity index (χ1n) is 7.33. The number of methoxy groups -OCH3 is 1. The fourth-order valence-electron chi connectivity index (χ4n) is 2.62. The second-order valence-corrected chi connectivity index (χ2v) is 6.41. The first-order valence-corrected chi connectivity index (χ1v) is 8.38. The lowest BCUT2D eigenvalue weighted by molar-refractivity contribution is -0.119. The van der Waals surface area contributed by atoms with E-state index in [1.807, 2.05) is 54.6 Å². The van der Waals surface area contributed by atoms with Gasteiger partial charge in [0.2, 0.25) is 5.91 Å². The van der Waals surface area contributed by atoms with E-state index in [-0.39, 0.29) is 23.0 Å². The predicted octanol–water partition coefficient (Wildman–Crippen LogP) is 2.85.